The van der Waals surface area contributed by atoms with E-state index in [0.29, 0.717) is 19.3 Å². The molecule has 0 radical (unpaired) electrons. The Kier molecular flexibility index (Phi) is 4.30. The van der Waals surface area contributed by atoms with E-state index < -0.39 is 34.8 Å². The molecular formula is C16H26O6. The van der Waals surface area contributed by atoms with Gasteiger partial charge in [0.15, 0.2) is 0 Å². The van der Waals surface area contributed by atoms with Gasteiger partial charge in [0.2, 0.25) is 5.60 Å². The van der Waals surface area contributed by atoms with Crippen LogP contribution in [0.2, 0.25) is 0 Å². The molecule has 0 amide bonds. The van der Waals surface area contributed by atoms with Crippen LogP contribution in [0.5, 0.6) is 0 Å². The first-order valence-corrected chi connectivity index (χ1v) is 7.75. The van der Waals surface area contributed by atoms with E-state index in [2.05, 4.69) is 0 Å². The lowest BCUT2D eigenvalue weighted by Crippen LogP contribution is -2.68. The first-order valence-electron chi connectivity index (χ1n) is 7.75. The third-order valence-electron chi connectivity index (χ3n) is 3.64. The van der Waals surface area contributed by atoms with Crippen molar-refractivity contribution in [2.45, 2.75) is 83.7 Å². The van der Waals surface area contributed by atoms with Gasteiger partial charge in [0.25, 0.3) is 0 Å². The standard InChI is InChI=1S/C16H26O6/c1-14(2,3)19-12(17)10-8-7-9-16(11(10)21-22-16)13(18)20-15(4,5)6/h10-11H,7-9H2,1-6H3. The molecule has 1 saturated carbocycles. The summed E-state index contributed by atoms with van der Waals surface area (Å²) in [7, 11) is 0. The van der Waals surface area contributed by atoms with Gasteiger partial charge in [-0.2, -0.15) is 0 Å². The van der Waals surface area contributed by atoms with Gasteiger partial charge in [-0.05, 0) is 60.8 Å². The average Bonchev–Trinajstić information content (AvgIpc) is 2.25. The van der Waals surface area contributed by atoms with Gasteiger partial charge in [-0.1, -0.05) is 0 Å². The van der Waals surface area contributed by atoms with E-state index >= 15 is 0 Å². The van der Waals surface area contributed by atoms with Crippen molar-refractivity contribution in [2.75, 3.05) is 0 Å². The fourth-order valence-electron chi connectivity index (χ4n) is 2.77. The fourth-order valence-corrected chi connectivity index (χ4v) is 2.77. The predicted octanol–water partition coefficient (Wildman–Crippen LogP) is 2.54. The van der Waals surface area contributed by atoms with Crippen LogP contribution in [0.25, 0.3) is 0 Å². The maximum absolute atomic E-state index is 12.5. The summed E-state index contributed by atoms with van der Waals surface area (Å²) in [5.41, 5.74) is -2.37. The summed E-state index contributed by atoms with van der Waals surface area (Å²) < 4.78 is 10.9. The summed E-state index contributed by atoms with van der Waals surface area (Å²) in [4.78, 5) is 35.1. The Morgan fingerprint density at radius 3 is 2.09 bits per heavy atom. The molecule has 2 rings (SSSR count). The molecule has 0 aromatic rings. The molecule has 22 heavy (non-hydrogen) atoms. The van der Waals surface area contributed by atoms with Gasteiger partial charge >= 0.3 is 11.9 Å². The van der Waals surface area contributed by atoms with Gasteiger partial charge in [0.05, 0.1) is 5.92 Å². The molecule has 0 bridgehead atoms. The highest BCUT2D eigenvalue weighted by Gasteiger charge is 2.65. The van der Waals surface area contributed by atoms with Crippen LogP contribution in [0.1, 0.15) is 60.8 Å². The molecule has 6 heteroatoms. The predicted molar refractivity (Wildman–Crippen MR) is 77.7 cm³/mol. The number of ether oxygens (including phenoxy) is 2. The SMILES string of the molecule is CC(C)(C)OC(=O)C1CCCC2(C(=O)OC(C)(C)C)OOC12. The van der Waals surface area contributed by atoms with Crippen molar-refractivity contribution in [1.82, 2.24) is 0 Å². The van der Waals surface area contributed by atoms with Crippen LogP contribution in [0, 0.1) is 5.92 Å². The largest absolute Gasteiger partial charge is 0.460 e. The summed E-state index contributed by atoms with van der Waals surface area (Å²) in [5.74, 6) is -1.33. The molecule has 0 N–H and O–H groups in total. The normalized spacial score (nSPS) is 31.7. The summed E-state index contributed by atoms with van der Waals surface area (Å²) in [6, 6.07) is 0. The Labute approximate surface area is 131 Å². The first kappa shape index (κ1) is 17.2. The zero-order chi connectivity index (χ0) is 16.8. The molecule has 1 aliphatic heterocycles. The molecule has 6 nitrogen and oxygen atoms in total. The molecule has 0 spiro atoms. The minimum atomic E-state index is -1.17. The molecule has 3 atom stereocenters. The number of hydrogen-bond donors (Lipinski definition) is 0. The van der Waals surface area contributed by atoms with Gasteiger partial charge in [0.1, 0.15) is 17.3 Å². The highest BCUT2D eigenvalue weighted by molar-refractivity contribution is 5.84. The maximum atomic E-state index is 12.5. The number of hydrogen-bond acceptors (Lipinski definition) is 6. The van der Waals surface area contributed by atoms with Crippen molar-refractivity contribution >= 4 is 11.9 Å². The summed E-state index contributed by atoms with van der Waals surface area (Å²) >= 11 is 0. The summed E-state index contributed by atoms with van der Waals surface area (Å²) in [6.07, 6.45) is 1.16. The van der Waals surface area contributed by atoms with Crippen LogP contribution >= 0.6 is 0 Å². The highest BCUT2D eigenvalue weighted by Crippen LogP contribution is 2.47. The van der Waals surface area contributed by atoms with Crippen molar-refractivity contribution in [1.29, 1.82) is 0 Å². The lowest BCUT2D eigenvalue weighted by molar-refractivity contribution is -0.511. The number of fused-ring (bicyclic) bond motifs is 1. The van der Waals surface area contributed by atoms with Crippen LogP contribution in [0.3, 0.4) is 0 Å². The smallest absolute Gasteiger partial charge is 0.345 e. The molecule has 3 unspecified atom stereocenters. The van der Waals surface area contributed by atoms with E-state index in [4.69, 9.17) is 19.2 Å². The Morgan fingerprint density at radius 2 is 1.64 bits per heavy atom. The molecule has 126 valence electrons. The number of rotatable bonds is 2. The lowest BCUT2D eigenvalue weighted by atomic mass is 9.74. The number of carbonyl (C=O) groups is 2. The monoisotopic (exact) mass is 314 g/mol. The summed E-state index contributed by atoms with van der Waals surface area (Å²) in [6.45, 7) is 10.8. The van der Waals surface area contributed by atoms with Gasteiger partial charge < -0.3 is 9.47 Å². The molecule has 2 aliphatic rings. The van der Waals surface area contributed by atoms with Crippen LogP contribution in [-0.4, -0.2) is 34.8 Å². The quantitative estimate of drug-likeness (QED) is 0.576. The van der Waals surface area contributed by atoms with E-state index in [9.17, 15) is 9.59 Å². The Hall–Kier alpha value is -1.14. The first-order chi connectivity index (χ1) is 9.95. The number of esters is 2. The lowest BCUT2D eigenvalue weighted by Gasteiger charge is -2.50. The minimum absolute atomic E-state index is 0.353. The molecule has 1 heterocycles. The molecule has 1 aliphatic carbocycles. The van der Waals surface area contributed by atoms with Gasteiger partial charge in [-0.25, -0.2) is 14.6 Å². The number of carbonyl (C=O) groups excluding carboxylic acids is 2. The topological polar surface area (TPSA) is 71.1 Å². The van der Waals surface area contributed by atoms with Crippen LogP contribution < -0.4 is 0 Å². The molecule has 0 aromatic heterocycles. The fraction of sp³-hybridized carbons (Fsp3) is 0.875. The van der Waals surface area contributed by atoms with Crippen molar-refractivity contribution in [3.8, 4) is 0 Å². The maximum Gasteiger partial charge on any atom is 0.345 e. The van der Waals surface area contributed by atoms with Crippen molar-refractivity contribution in [2.24, 2.45) is 5.92 Å². The van der Waals surface area contributed by atoms with Crippen LogP contribution in [0.15, 0.2) is 0 Å². The Balaban J connectivity index is 2.12. The van der Waals surface area contributed by atoms with Gasteiger partial charge in [0, 0.05) is 0 Å². The molecule has 1 saturated heterocycles. The van der Waals surface area contributed by atoms with E-state index in [1.54, 1.807) is 20.8 Å². The second kappa shape index (κ2) is 5.49. The summed E-state index contributed by atoms with van der Waals surface area (Å²) in [5, 5.41) is 0. The molecular weight excluding hydrogens is 288 g/mol. The van der Waals surface area contributed by atoms with E-state index in [-0.39, 0.29) is 5.97 Å². The van der Waals surface area contributed by atoms with Crippen molar-refractivity contribution in [3.63, 3.8) is 0 Å². The minimum Gasteiger partial charge on any atom is -0.460 e. The van der Waals surface area contributed by atoms with E-state index in [0.717, 1.165) is 0 Å². The van der Waals surface area contributed by atoms with E-state index in [1.165, 1.54) is 0 Å². The average molecular weight is 314 g/mol. The van der Waals surface area contributed by atoms with Crippen LogP contribution in [-0.2, 0) is 28.8 Å². The zero-order valence-electron chi connectivity index (χ0n) is 14.2. The van der Waals surface area contributed by atoms with Gasteiger partial charge in [-0.3, -0.25) is 4.79 Å². The molecule has 2 fully saturated rings. The Morgan fingerprint density at radius 1 is 1.05 bits per heavy atom. The second-order valence-corrected chi connectivity index (χ2v) is 8.02. The third kappa shape index (κ3) is 3.43. The highest BCUT2D eigenvalue weighted by atomic mass is 17.3. The van der Waals surface area contributed by atoms with E-state index in [1.807, 2.05) is 20.8 Å². The van der Waals surface area contributed by atoms with Gasteiger partial charge in [-0.15, -0.1) is 0 Å². The molecule has 0 aromatic carbocycles. The second-order valence-electron chi connectivity index (χ2n) is 8.02. The third-order valence-corrected chi connectivity index (χ3v) is 3.64. The van der Waals surface area contributed by atoms with Crippen LogP contribution in [0.4, 0.5) is 0 Å². The zero-order valence-corrected chi connectivity index (χ0v) is 14.2. The van der Waals surface area contributed by atoms with Crippen molar-refractivity contribution in [3.05, 3.63) is 0 Å². The Bertz CT molecular complexity index is 458. The van der Waals surface area contributed by atoms with Crippen molar-refractivity contribution < 1.29 is 28.8 Å².